The van der Waals surface area contributed by atoms with E-state index in [1.165, 1.54) is 5.56 Å². The van der Waals surface area contributed by atoms with E-state index in [1.807, 2.05) is 37.3 Å². The molecule has 3 heteroatoms. The minimum atomic E-state index is -0.598. The third-order valence-corrected chi connectivity index (χ3v) is 3.84. The highest BCUT2D eigenvalue weighted by atomic mass is 79.9. The zero-order valence-corrected chi connectivity index (χ0v) is 13.4. The van der Waals surface area contributed by atoms with E-state index in [0.29, 0.717) is 0 Å². The molecule has 0 saturated carbocycles. The summed E-state index contributed by atoms with van der Waals surface area (Å²) < 4.78 is 1.91. The molecule has 0 amide bonds. The first-order valence-electron chi connectivity index (χ1n) is 5.68. The molecular weight excluding hydrogens is 356 g/mol. The maximum absolute atomic E-state index is 10.5. The van der Waals surface area contributed by atoms with Gasteiger partial charge in [0.2, 0.25) is 0 Å². The van der Waals surface area contributed by atoms with Crippen LogP contribution in [0.5, 0.6) is 0 Å². The Morgan fingerprint density at radius 1 is 0.944 bits per heavy atom. The Hall–Kier alpha value is -0.640. The van der Waals surface area contributed by atoms with E-state index in [1.54, 1.807) is 0 Å². The van der Waals surface area contributed by atoms with Gasteiger partial charge in [-0.05, 0) is 48.7 Å². The average Bonchev–Trinajstić information content (AvgIpc) is 2.26. The largest absolute Gasteiger partial charge is 0.384 e. The molecule has 0 aliphatic carbocycles. The van der Waals surface area contributed by atoms with Crippen LogP contribution >= 0.6 is 31.9 Å². The quantitative estimate of drug-likeness (QED) is 0.797. The molecule has 0 saturated heterocycles. The van der Waals surface area contributed by atoms with Crippen molar-refractivity contribution < 1.29 is 5.11 Å². The van der Waals surface area contributed by atoms with Gasteiger partial charge in [-0.1, -0.05) is 55.6 Å². The van der Waals surface area contributed by atoms with E-state index in [-0.39, 0.29) is 0 Å². The van der Waals surface area contributed by atoms with Crippen LogP contribution in [0.4, 0.5) is 0 Å². The van der Waals surface area contributed by atoms with Gasteiger partial charge in [0, 0.05) is 8.95 Å². The van der Waals surface area contributed by atoms with Gasteiger partial charge in [-0.25, -0.2) is 0 Å². The molecule has 1 unspecified atom stereocenters. The fourth-order valence-electron chi connectivity index (χ4n) is 2.05. The van der Waals surface area contributed by atoms with Crippen LogP contribution < -0.4 is 0 Å². The number of aliphatic hydroxyl groups excluding tert-OH is 1. The normalized spacial score (nSPS) is 12.5. The minimum Gasteiger partial charge on any atom is -0.384 e. The third kappa shape index (κ3) is 3.02. The smallest absolute Gasteiger partial charge is 0.104 e. The number of aliphatic hydroxyl groups is 1. The van der Waals surface area contributed by atoms with Gasteiger partial charge in [-0.2, -0.15) is 0 Å². The summed E-state index contributed by atoms with van der Waals surface area (Å²) in [5.41, 5.74) is 4.14. The van der Waals surface area contributed by atoms with Crippen LogP contribution in [0.25, 0.3) is 0 Å². The number of aryl methyl sites for hydroxylation is 2. The Labute approximate surface area is 124 Å². The predicted molar refractivity (Wildman–Crippen MR) is 81.8 cm³/mol. The molecule has 2 aromatic carbocycles. The number of benzene rings is 2. The lowest BCUT2D eigenvalue weighted by atomic mass is 9.96. The molecule has 0 aromatic heterocycles. The molecule has 2 rings (SSSR count). The van der Waals surface area contributed by atoms with Crippen LogP contribution in [0.1, 0.15) is 28.4 Å². The average molecular weight is 370 g/mol. The Morgan fingerprint density at radius 3 is 2.11 bits per heavy atom. The van der Waals surface area contributed by atoms with Crippen molar-refractivity contribution in [2.24, 2.45) is 0 Å². The van der Waals surface area contributed by atoms with E-state index in [9.17, 15) is 5.11 Å². The van der Waals surface area contributed by atoms with Crippen LogP contribution in [0.2, 0.25) is 0 Å². The highest BCUT2D eigenvalue weighted by Crippen LogP contribution is 2.29. The summed E-state index contributed by atoms with van der Waals surface area (Å²) in [6, 6.07) is 11.9. The summed E-state index contributed by atoms with van der Waals surface area (Å²) in [5.74, 6) is 0. The van der Waals surface area contributed by atoms with Crippen molar-refractivity contribution in [1.29, 1.82) is 0 Å². The summed E-state index contributed by atoms with van der Waals surface area (Å²) in [7, 11) is 0. The van der Waals surface area contributed by atoms with Gasteiger partial charge in [0.05, 0.1) is 0 Å². The van der Waals surface area contributed by atoms with Gasteiger partial charge in [-0.3, -0.25) is 0 Å². The van der Waals surface area contributed by atoms with E-state index < -0.39 is 6.10 Å². The van der Waals surface area contributed by atoms with E-state index in [4.69, 9.17) is 0 Å². The molecule has 94 valence electrons. The number of halogens is 2. The second-order valence-electron chi connectivity index (χ2n) is 4.47. The van der Waals surface area contributed by atoms with Gasteiger partial charge < -0.3 is 5.11 Å². The van der Waals surface area contributed by atoms with Crippen molar-refractivity contribution in [3.63, 3.8) is 0 Å². The first-order valence-corrected chi connectivity index (χ1v) is 7.27. The Balaban J connectivity index is 2.44. The van der Waals surface area contributed by atoms with Crippen LogP contribution in [-0.4, -0.2) is 5.11 Å². The minimum absolute atomic E-state index is 0.598. The van der Waals surface area contributed by atoms with E-state index in [2.05, 4.69) is 44.8 Å². The van der Waals surface area contributed by atoms with Crippen molar-refractivity contribution in [1.82, 2.24) is 0 Å². The van der Waals surface area contributed by atoms with Crippen molar-refractivity contribution in [3.8, 4) is 0 Å². The molecule has 1 atom stereocenters. The van der Waals surface area contributed by atoms with E-state index in [0.717, 1.165) is 25.6 Å². The molecule has 0 heterocycles. The lowest BCUT2D eigenvalue weighted by molar-refractivity contribution is 0.219. The molecule has 2 aromatic rings. The highest BCUT2D eigenvalue weighted by molar-refractivity contribution is 9.11. The molecule has 0 fully saturated rings. The summed E-state index contributed by atoms with van der Waals surface area (Å²) in [4.78, 5) is 0. The number of hydrogen-bond acceptors (Lipinski definition) is 1. The summed E-state index contributed by atoms with van der Waals surface area (Å²) in [6.45, 7) is 4.08. The maximum Gasteiger partial charge on any atom is 0.104 e. The molecule has 0 spiro atoms. The second kappa shape index (κ2) is 5.55. The van der Waals surface area contributed by atoms with Crippen LogP contribution in [0.3, 0.4) is 0 Å². The zero-order valence-electron chi connectivity index (χ0n) is 10.2. The van der Waals surface area contributed by atoms with Gasteiger partial charge in [-0.15, -0.1) is 0 Å². The predicted octanol–water partition coefficient (Wildman–Crippen LogP) is 4.91. The van der Waals surface area contributed by atoms with Crippen molar-refractivity contribution in [3.05, 3.63) is 67.6 Å². The number of hydrogen-bond donors (Lipinski definition) is 1. The van der Waals surface area contributed by atoms with Crippen LogP contribution in [-0.2, 0) is 0 Å². The first-order chi connectivity index (χ1) is 8.47. The molecule has 0 aliphatic rings. The summed E-state index contributed by atoms with van der Waals surface area (Å²) >= 11 is 6.89. The fourth-order valence-corrected chi connectivity index (χ4v) is 3.37. The van der Waals surface area contributed by atoms with Crippen LogP contribution in [0.15, 0.2) is 45.3 Å². The van der Waals surface area contributed by atoms with E-state index >= 15 is 0 Å². The molecule has 0 aliphatic heterocycles. The summed E-state index contributed by atoms with van der Waals surface area (Å²) in [6.07, 6.45) is -0.598. The first kappa shape index (κ1) is 13.8. The number of rotatable bonds is 2. The van der Waals surface area contributed by atoms with Crippen LogP contribution in [0, 0.1) is 13.8 Å². The molecule has 0 radical (unpaired) electrons. The van der Waals surface area contributed by atoms with Gasteiger partial charge in [0.15, 0.2) is 0 Å². The fraction of sp³-hybridized carbons (Fsp3) is 0.200. The highest BCUT2D eigenvalue weighted by Gasteiger charge is 2.13. The SMILES string of the molecule is Cc1ccc(C(O)c2cc(Br)cc(Br)c2)c(C)c1. The van der Waals surface area contributed by atoms with Gasteiger partial charge in [0.25, 0.3) is 0 Å². The molecule has 1 nitrogen and oxygen atoms in total. The molecule has 18 heavy (non-hydrogen) atoms. The Morgan fingerprint density at radius 2 is 1.56 bits per heavy atom. The Kier molecular flexibility index (Phi) is 4.25. The van der Waals surface area contributed by atoms with Crippen molar-refractivity contribution >= 4 is 31.9 Å². The third-order valence-electron chi connectivity index (χ3n) is 2.92. The Bertz CT molecular complexity index is 558. The van der Waals surface area contributed by atoms with Crippen molar-refractivity contribution in [2.75, 3.05) is 0 Å². The molecular formula is C15H14Br2O. The topological polar surface area (TPSA) is 20.2 Å². The van der Waals surface area contributed by atoms with Crippen molar-refractivity contribution in [2.45, 2.75) is 20.0 Å². The lowest BCUT2D eigenvalue weighted by Gasteiger charge is -2.15. The maximum atomic E-state index is 10.5. The zero-order chi connectivity index (χ0) is 13.3. The van der Waals surface area contributed by atoms with Gasteiger partial charge >= 0.3 is 0 Å². The lowest BCUT2D eigenvalue weighted by Crippen LogP contribution is -2.02. The van der Waals surface area contributed by atoms with Gasteiger partial charge in [0.1, 0.15) is 6.10 Å². The standard InChI is InChI=1S/C15H14Br2O/c1-9-3-4-14(10(2)5-9)15(18)11-6-12(16)8-13(17)7-11/h3-8,15,18H,1-2H3. The second-order valence-corrected chi connectivity index (χ2v) is 6.30. The monoisotopic (exact) mass is 368 g/mol. The molecule has 0 bridgehead atoms. The molecule has 1 N–H and O–H groups in total. The summed E-state index contributed by atoms with van der Waals surface area (Å²) in [5, 5.41) is 10.5.